The first kappa shape index (κ1) is 21.7. The molecule has 0 aliphatic heterocycles. The average Bonchev–Trinajstić information content (AvgIpc) is 2.87. The van der Waals surface area contributed by atoms with E-state index in [0.29, 0.717) is 0 Å². The Morgan fingerprint density at radius 1 is 1.15 bits per heavy atom. The van der Waals surface area contributed by atoms with Crippen LogP contribution in [0.25, 0.3) is 11.2 Å². The smallest absolute Gasteiger partial charge is 0.327 e. The van der Waals surface area contributed by atoms with Crippen LogP contribution in [-0.2, 0) is 25.1 Å². The van der Waals surface area contributed by atoms with Gasteiger partial charge in [-0.05, 0) is 0 Å². The van der Waals surface area contributed by atoms with Crippen LogP contribution in [0.4, 0.5) is 5.95 Å². The van der Waals surface area contributed by atoms with E-state index in [1.807, 2.05) is 0 Å². The summed E-state index contributed by atoms with van der Waals surface area (Å²) in [5, 5.41) is 0. The molecular weight excluding hydrogens is 408 g/mol. The number of imidazole rings is 1. The maximum atomic E-state index is 11.8. The summed E-state index contributed by atoms with van der Waals surface area (Å²) in [5.41, 5.74) is 5.07. The molecular formula is C11H19N5O9P2. The molecule has 0 atom stereocenters. The average molecular weight is 427 g/mol. The number of aromatic nitrogens is 4. The molecule has 0 radical (unpaired) electrons. The Bertz CT molecular complexity index is 904. The molecule has 0 aromatic carbocycles. The third-order valence-corrected chi connectivity index (χ3v) is 4.74. The number of anilines is 1. The van der Waals surface area contributed by atoms with E-state index in [2.05, 4.69) is 15.0 Å². The first-order valence-electron chi connectivity index (χ1n) is 7.47. The Hall–Kier alpha value is -1.63. The van der Waals surface area contributed by atoms with Crippen LogP contribution in [0, 0.1) is 0 Å². The topological polar surface area (TPSA) is 223 Å². The van der Waals surface area contributed by atoms with Gasteiger partial charge in [-0.2, -0.15) is 4.98 Å². The summed E-state index contributed by atoms with van der Waals surface area (Å²) in [7, 11) is -8.59. The normalized spacial score (nSPS) is 12.9. The van der Waals surface area contributed by atoms with Crippen LogP contribution in [-0.4, -0.2) is 70.9 Å². The van der Waals surface area contributed by atoms with E-state index in [-0.39, 0.29) is 36.9 Å². The van der Waals surface area contributed by atoms with E-state index in [1.165, 1.54) is 10.9 Å². The lowest BCUT2D eigenvalue weighted by molar-refractivity contribution is -0.142. The van der Waals surface area contributed by atoms with Crippen molar-refractivity contribution >= 4 is 32.3 Å². The van der Waals surface area contributed by atoms with Gasteiger partial charge >= 0.3 is 15.2 Å². The molecule has 0 unspecified atom stereocenters. The van der Waals surface area contributed by atoms with E-state index < -0.39 is 39.4 Å². The molecule has 0 saturated heterocycles. The number of aromatic amines is 1. The summed E-state index contributed by atoms with van der Waals surface area (Å²) in [6.45, 7) is -0.851. The van der Waals surface area contributed by atoms with Crippen molar-refractivity contribution < 1.29 is 38.2 Å². The van der Waals surface area contributed by atoms with Gasteiger partial charge in [-0.1, -0.05) is 0 Å². The molecule has 0 aliphatic rings. The Labute approximate surface area is 151 Å². The molecule has 0 fully saturated rings. The fourth-order valence-electron chi connectivity index (χ4n) is 2.02. The number of hydrogen-bond acceptors (Lipinski definition) is 8. The highest BCUT2D eigenvalue weighted by molar-refractivity contribution is 7.52. The molecule has 0 bridgehead atoms. The molecule has 0 aliphatic carbocycles. The van der Waals surface area contributed by atoms with Gasteiger partial charge in [0.1, 0.15) is 0 Å². The number of ether oxygens (including phenoxy) is 2. The van der Waals surface area contributed by atoms with Crippen molar-refractivity contribution in [1.82, 2.24) is 19.5 Å². The molecule has 14 nitrogen and oxygen atoms in total. The highest BCUT2D eigenvalue weighted by Crippen LogP contribution is 2.34. The molecule has 27 heavy (non-hydrogen) atoms. The largest absolute Gasteiger partial charge is 0.369 e. The third-order valence-electron chi connectivity index (χ3n) is 3.21. The van der Waals surface area contributed by atoms with Crippen molar-refractivity contribution in [1.29, 1.82) is 0 Å². The zero-order valence-corrected chi connectivity index (χ0v) is 15.6. The molecule has 2 rings (SSSR count). The van der Waals surface area contributed by atoms with E-state index in [9.17, 15) is 13.9 Å². The van der Waals surface area contributed by atoms with Crippen molar-refractivity contribution in [3.8, 4) is 0 Å². The van der Waals surface area contributed by atoms with Crippen molar-refractivity contribution in [2.75, 3.05) is 31.3 Å². The third kappa shape index (κ3) is 7.13. The van der Waals surface area contributed by atoms with Gasteiger partial charge in [-0.15, -0.1) is 0 Å². The lowest BCUT2D eigenvalue weighted by Gasteiger charge is -2.19. The molecule has 0 saturated carbocycles. The van der Waals surface area contributed by atoms with Crippen molar-refractivity contribution in [3.63, 3.8) is 0 Å². The van der Waals surface area contributed by atoms with Gasteiger partial charge in [0, 0.05) is 0 Å². The molecule has 2 aromatic heterocycles. The highest BCUT2D eigenvalue weighted by atomic mass is 31.2. The quantitative estimate of drug-likeness (QED) is 0.187. The second kappa shape index (κ2) is 8.59. The number of nitrogen functional groups attached to an aromatic ring is 1. The van der Waals surface area contributed by atoms with Crippen LogP contribution in [0.5, 0.6) is 0 Å². The van der Waals surface area contributed by atoms with Crippen molar-refractivity contribution in [2.24, 2.45) is 0 Å². The van der Waals surface area contributed by atoms with Crippen LogP contribution in [0.2, 0.25) is 0 Å². The van der Waals surface area contributed by atoms with E-state index in [4.69, 9.17) is 34.8 Å². The molecule has 0 spiro atoms. The van der Waals surface area contributed by atoms with Gasteiger partial charge in [0.2, 0.25) is 5.95 Å². The number of H-pyrrole nitrogens is 1. The predicted octanol–water partition coefficient (Wildman–Crippen LogP) is -1.58. The summed E-state index contributed by atoms with van der Waals surface area (Å²) >= 11 is 0. The first-order chi connectivity index (χ1) is 12.4. The van der Waals surface area contributed by atoms with Crippen LogP contribution >= 0.6 is 15.2 Å². The van der Waals surface area contributed by atoms with Crippen LogP contribution in [0.1, 0.15) is 0 Å². The fourth-order valence-corrected chi connectivity index (χ4v) is 2.71. The summed E-state index contributed by atoms with van der Waals surface area (Å²) in [6.07, 6.45) is -1.01. The van der Waals surface area contributed by atoms with Crippen LogP contribution < -0.4 is 11.3 Å². The molecule has 0 amide bonds. The number of fused-ring (bicyclic) bond motifs is 1. The number of rotatable bonds is 10. The molecule has 2 heterocycles. The Balaban J connectivity index is 2.13. The van der Waals surface area contributed by atoms with E-state index >= 15 is 0 Å². The summed E-state index contributed by atoms with van der Waals surface area (Å²) in [5.74, 6) is -0.143. The lowest BCUT2D eigenvalue weighted by Crippen LogP contribution is -2.26. The molecule has 16 heteroatoms. The summed E-state index contributed by atoms with van der Waals surface area (Å²) < 4.78 is 33.7. The Morgan fingerprint density at radius 3 is 2.22 bits per heavy atom. The standard InChI is InChI=1S/C11H19N5O9P2/c12-11-14-9-8(10(17)15-11)13-6-16(9)5-7(24-1-3-26(18,19)20)25-2-4-27(21,22)23/h6-7H,1-5H2,(H2,18,19,20)(H2,21,22,23)(H3,12,14,15,17). The highest BCUT2D eigenvalue weighted by Gasteiger charge is 2.20. The maximum absolute atomic E-state index is 11.8. The summed E-state index contributed by atoms with van der Waals surface area (Å²) in [4.78, 5) is 57.4. The lowest BCUT2D eigenvalue weighted by atomic mass is 10.5. The second-order valence-electron chi connectivity index (χ2n) is 5.47. The number of nitrogens with two attached hydrogens (primary N) is 1. The van der Waals surface area contributed by atoms with Crippen molar-refractivity contribution in [3.05, 3.63) is 16.7 Å². The van der Waals surface area contributed by atoms with E-state index in [0.717, 1.165) is 0 Å². The van der Waals surface area contributed by atoms with Gasteiger partial charge < -0.3 is 39.3 Å². The zero-order chi connectivity index (χ0) is 20.2. The number of nitrogens with one attached hydrogen (secondary N) is 1. The van der Waals surface area contributed by atoms with Gasteiger partial charge in [0.15, 0.2) is 17.5 Å². The van der Waals surface area contributed by atoms with E-state index in [1.54, 1.807) is 0 Å². The van der Waals surface area contributed by atoms with Gasteiger partial charge in [-0.3, -0.25) is 18.9 Å². The van der Waals surface area contributed by atoms with Gasteiger partial charge in [-0.25, -0.2) is 4.98 Å². The zero-order valence-electron chi connectivity index (χ0n) is 13.8. The molecule has 7 N–H and O–H groups in total. The first-order valence-corrected chi connectivity index (χ1v) is 11.1. The predicted molar refractivity (Wildman–Crippen MR) is 92.1 cm³/mol. The van der Waals surface area contributed by atoms with Crippen molar-refractivity contribution in [2.45, 2.75) is 12.8 Å². The maximum Gasteiger partial charge on any atom is 0.327 e. The number of hydrogen-bond donors (Lipinski definition) is 6. The Kier molecular flexibility index (Phi) is 6.89. The summed E-state index contributed by atoms with van der Waals surface area (Å²) in [6, 6.07) is 0. The SMILES string of the molecule is Nc1nc2c(ncn2CC(OCCP(=O)(O)O)OCCP(=O)(O)O)c(=O)[nH]1. The second-order valence-corrected chi connectivity index (χ2v) is 9.02. The molecule has 2 aromatic rings. The fraction of sp³-hybridized carbons (Fsp3) is 0.545. The minimum atomic E-state index is -4.30. The minimum absolute atomic E-state index is 0.00776. The molecule has 152 valence electrons. The van der Waals surface area contributed by atoms with Gasteiger partial charge in [0.25, 0.3) is 5.56 Å². The monoisotopic (exact) mass is 427 g/mol. The van der Waals surface area contributed by atoms with Gasteiger partial charge in [0.05, 0.1) is 38.4 Å². The Morgan fingerprint density at radius 2 is 1.70 bits per heavy atom. The van der Waals surface area contributed by atoms with Crippen LogP contribution in [0.3, 0.4) is 0 Å². The number of nitrogens with zero attached hydrogens (tertiary/aromatic N) is 3. The van der Waals surface area contributed by atoms with Crippen LogP contribution in [0.15, 0.2) is 11.1 Å². The minimum Gasteiger partial charge on any atom is -0.369 e.